The zero-order valence-electron chi connectivity index (χ0n) is 12.9. The largest absolute Gasteiger partial charge is 0.435 e. The topological polar surface area (TPSA) is 44.1 Å². The molecule has 0 aliphatic carbocycles. The van der Waals surface area contributed by atoms with Gasteiger partial charge in [-0.05, 0) is 48.0 Å². The maximum atomic E-state index is 12.2. The minimum absolute atomic E-state index is 0.0632. The molecule has 1 heterocycles. The van der Waals surface area contributed by atoms with E-state index in [0.29, 0.717) is 22.8 Å². The predicted molar refractivity (Wildman–Crippen MR) is 91.1 cm³/mol. The van der Waals surface area contributed by atoms with Gasteiger partial charge in [0.25, 0.3) is 5.56 Å². The molecule has 25 heavy (non-hydrogen) atoms. The van der Waals surface area contributed by atoms with Crippen molar-refractivity contribution in [3.05, 3.63) is 81.6 Å². The molecule has 0 amide bonds. The van der Waals surface area contributed by atoms with E-state index in [1.54, 1.807) is 30.3 Å². The molecule has 0 N–H and O–H groups in total. The number of benzene rings is 2. The Labute approximate surface area is 147 Å². The van der Waals surface area contributed by atoms with Crippen molar-refractivity contribution in [1.29, 1.82) is 0 Å². The fourth-order valence-corrected chi connectivity index (χ4v) is 2.41. The number of halogens is 3. The van der Waals surface area contributed by atoms with Gasteiger partial charge in [-0.3, -0.25) is 4.79 Å². The summed E-state index contributed by atoms with van der Waals surface area (Å²) in [5.74, 6) is 0.0632. The Morgan fingerprint density at radius 2 is 1.68 bits per heavy atom. The smallest absolute Gasteiger partial charge is 0.387 e. The van der Waals surface area contributed by atoms with Crippen molar-refractivity contribution in [2.24, 2.45) is 0 Å². The lowest BCUT2D eigenvalue weighted by molar-refractivity contribution is -0.0498. The molecule has 0 bridgehead atoms. The first kappa shape index (κ1) is 17.1. The molecule has 1 aromatic heterocycles. The second-order valence-corrected chi connectivity index (χ2v) is 5.68. The van der Waals surface area contributed by atoms with Crippen LogP contribution in [-0.2, 0) is 6.54 Å². The third kappa shape index (κ3) is 4.42. The average molecular weight is 363 g/mol. The van der Waals surface area contributed by atoms with Crippen molar-refractivity contribution in [2.45, 2.75) is 13.2 Å². The van der Waals surface area contributed by atoms with Crippen LogP contribution in [-0.4, -0.2) is 16.4 Å². The van der Waals surface area contributed by atoms with E-state index in [2.05, 4.69) is 9.84 Å². The van der Waals surface area contributed by atoms with Gasteiger partial charge in [-0.2, -0.15) is 13.9 Å². The predicted octanol–water partition coefficient (Wildman–Crippen LogP) is 4.21. The Morgan fingerprint density at radius 3 is 2.32 bits per heavy atom. The summed E-state index contributed by atoms with van der Waals surface area (Å²) in [6.07, 6.45) is 0. The van der Waals surface area contributed by atoms with Gasteiger partial charge in [0, 0.05) is 16.7 Å². The van der Waals surface area contributed by atoms with Crippen LogP contribution in [0.5, 0.6) is 5.75 Å². The van der Waals surface area contributed by atoms with Crippen LogP contribution < -0.4 is 10.3 Å². The van der Waals surface area contributed by atoms with Gasteiger partial charge in [-0.1, -0.05) is 23.7 Å². The van der Waals surface area contributed by atoms with Crippen LogP contribution in [0.25, 0.3) is 11.3 Å². The molecule has 0 saturated heterocycles. The summed E-state index contributed by atoms with van der Waals surface area (Å²) in [5, 5.41) is 4.95. The normalized spacial score (nSPS) is 10.9. The number of hydrogen-bond acceptors (Lipinski definition) is 3. The van der Waals surface area contributed by atoms with Crippen molar-refractivity contribution < 1.29 is 13.5 Å². The molecule has 0 unspecified atom stereocenters. The molecular weight excluding hydrogens is 350 g/mol. The Kier molecular flexibility index (Phi) is 5.09. The summed E-state index contributed by atoms with van der Waals surface area (Å²) in [5.41, 5.74) is 1.89. The summed E-state index contributed by atoms with van der Waals surface area (Å²) in [4.78, 5) is 12.0. The van der Waals surface area contributed by atoms with Crippen LogP contribution in [0.15, 0.2) is 65.5 Å². The van der Waals surface area contributed by atoms with Crippen LogP contribution in [0.1, 0.15) is 5.56 Å². The molecule has 0 atom stereocenters. The minimum Gasteiger partial charge on any atom is -0.435 e. The van der Waals surface area contributed by atoms with Gasteiger partial charge in [-0.15, -0.1) is 0 Å². The molecule has 0 spiro atoms. The Morgan fingerprint density at radius 1 is 1.00 bits per heavy atom. The van der Waals surface area contributed by atoms with Crippen LogP contribution in [0.3, 0.4) is 0 Å². The molecule has 7 heteroatoms. The van der Waals surface area contributed by atoms with Gasteiger partial charge in [0.1, 0.15) is 5.75 Å². The summed E-state index contributed by atoms with van der Waals surface area (Å²) < 4.78 is 30.0. The quantitative estimate of drug-likeness (QED) is 0.682. The third-order valence-electron chi connectivity index (χ3n) is 3.49. The van der Waals surface area contributed by atoms with Gasteiger partial charge in [0.2, 0.25) is 0 Å². The van der Waals surface area contributed by atoms with Gasteiger partial charge in [0.05, 0.1) is 12.2 Å². The highest BCUT2D eigenvalue weighted by Crippen LogP contribution is 2.21. The molecule has 0 aliphatic rings. The van der Waals surface area contributed by atoms with Gasteiger partial charge < -0.3 is 4.74 Å². The van der Waals surface area contributed by atoms with E-state index >= 15 is 0 Å². The monoisotopic (exact) mass is 362 g/mol. The number of nitrogens with zero attached hydrogens (tertiary/aromatic N) is 2. The van der Waals surface area contributed by atoms with Gasteiger partial charge in [-0.25, -0.2) is 4.68 Å². The lowest BCUT2D eigenvalue weighted by Gasteiger charge is -2.09. The summed E-state index contributed by atoms with van der Waals surface area (Å²) >= 11 is 5.85. The number of ether oxygens (including phenoxy) is 1. The maximum Gasteiger partial charge on any atom is 0.387 e. The molecular formula is C18H13ClF2N2O2. The van der Waals surface area contributed by atoms with E-state index in [1.165, 1.54) is 22.9 Å². The van der Waals surface area contributed by atoms with E-state index in [-0.39, 0.29) is 11.3 Å². The number of rotatable bonds is 5. The molecule has 0 fully saturated rings. The van der Waals surface area contributed by atoms with Crippen LogP contribution in [0.4, 0.5) is 8.78 Å². The van der Waals surface area contributed by atoms with Crippen molar-refractivity contribution in [1.82, 2.24) is 9.78 Å². The standard InChI is InChI=1S/C18H13ClF2N2O2/c19-14-5-1-12(2-6-14)11-23-17(24)10-9-16(22-23)13-3-7-15(8-4-13)25-18(20)21/h1-10,18H,11H2. The van der Waals surface area contributed by atoms with E-state index < -0.39 is 6.61 Å². The third-order valence-corrected chi connectivity index (χ3v) is 3.74. The van der Waals surface area contributed by atoms with E-state index in [0.717, 1.165) is 5.56 Å². The molecule has 128 valence electrons. The minimum atomic E-state index is -2.87. The zero-order chi connectivity index (χ0) is 17.8. The highest BCUT2D eigenvalue weighted by atomic mass is 35.5. The van der Waals surface area contributed by atoms with Crippen molar-refractivity contribution in [3.63, 3.8) is 0 Å². The van der Waals surface area contributed by atoms with Crippen molar-refractivity contribution in [3.8, 4) is 17.0 Å². The van der Waals surface area contributed by atoms with Crippen molar-refractivity contribution in [2.75, 3.05) is 0 Å². The van der Waals surface area contributed by atoms with Gasteiger partial charge in [0.15, 0.2) is 0 Å². The van der Waals surface area contributed by atoms with Crippen LogP contribution in [0.2, 0.25) is 5.02 Å². The number of alkyl halides is 2. The summed E-state index contributed by atoms with van der Waals surface area (Å²) in [6, 6.07) is 16.2. The maximum absolute atomic E-state index is 12.2. The summed E-state index contributed by atoms with van der Waals surface area (Å²) in [6.45, 7) is -2.57. The molecule has 0 saturated carbocycles. The molecule has 0 aliphatic heterocycles. The van der Waals surface area contributed by atoms with E-state index in [1.807, 2.05) is 12.1 Å². The number of hydrogen-bond donors (Lipinski definition) is 0. The first-order valence-electron chi connectivity index (χ1n) is 7.39. The first-order valence-corrected chi connectivity index (χ1v) is 7.77. The van der Waals surface area contributed by atoms with E-state index in [4.69, 9.17) is 11.6 Å². The summed E-state index contributed by atoms with van der Waals surface area (Å²) in [7, 11) is 0. The molecule has 4 nitrogen and oxygen atoms in total. The lowest BCUT2D eigenvalue weighted by Crippen LogP contribution is -2.22. The molecule has 0 radical (unpaired) electrons. The Bertz CT molecular complexity index is 910. The van der Waals surface area contributed by atoms with Crippen LogP contribution in [0, 0.1) is 0 Å². The van der Waals surface area contributed by atoms with Crippen molar-refractivity contribution >= 4 is 11.6 Å². The fraction of sp³-hybridized carbons (Fsp3) is 0.111. The van der Waals surface area contributed by atoms with E-state index in [9.17, 15) is 13.6 Å². The molecule has 2 aromatic carbocycles. The van der Waals surface area contributed by atoms with Gasteiger partial charge >= 0.3 is 6.61 Å². The lowest BCUT2D eigenvalue weighted by atomic mass is 10.1. The SMILES string of the molecule is O=c1ccc(-c2ccc(OC(F)F)cc2)nn1Cc1ccc(Cl)cc1. The molecule has 3 rings (SSSR count). The fourth-order valence-electron chi connectivity index (χ4n) is 2.29. The van der Waals surface area contributed by atoms with Crippen LogP contribution >= 0.6 is 11.6 Å². The zero-order valence-corrected chi connectivity index (χ0v) is 13.7. The highest BCUT2D eigenvalue weighted by Gasteiger charge is 2.07. The molecule has 3 aromatic rings. The Hall–Kier alpha value is -2.73. The Balaban J connectivity index is 1.85. The highest BCUT2D eigenvalue weighted by molar-refractivity contribution is 6.30. The second-order valence-electron chi connectivity index (χ2n) is 5.24. The average Bonchev–Trinajstić information content (AvgIpc) is 2.59. The second kappa shape index (κ2) is 7.44. The number of aromatic nitrogens is 2. The first-order chi connectivity index (χ1) is 12.0.